The highest BCUT2D eigenvalue weighted by Crippen LogP contribution is 2.15. The van der Waals surface area contributed by atoms with Crippen molar-refractivity contribution in [3.63, 3.8) is 0 Å². The first-order valence-electron chi connectivity index (χ1n) is 7.54. The lowest BCUT2D eigenvalue weighted by Gasteiger charge is -2.13. The zero-order chi connectivity index (χ0) is 16.3. The van der Waals surface area contributed by atoms with Gasteiger partial charge in [-0.25, -0.2) is 0 Å². The molecule has 0 radical (unpaired) electrons. The zero-order valence-corrected chi connectivity index (χ0v) is 12.9. The summed E-state index contributed by atoms with van der Waals surface area (Å²) in [4.78, 5) is 4.24. The third-order valence-corrected chi connectivity index (χ3v) is 3.02. The molecule has 0 saturated carbocycles. The van der Waals surface area contributed by atoms with E-state index < -0.39 is 6.10 Å². The average Bonchev–Trinajstić information content (AvgIpc) is 2.60. The molecule has 0 aliphatic carbocycles. The maximum Gasteiger partial charge on any atom is 0.216 e. The number of pyridine rings is 1. The summed E-state index contributed by atoms with van der Waals surface area (Å²) in [5.41, 5.74) is 1.06. The van der Waals surface area contributed by atoms with Crippen LogP contribution in [-0.2, 0) is 6.61 Å². The average molecular weight is 318 g/mol. The monoisotopic (exact) mass is 318 g/mol. The van der Waals surface area contributed by atoms with E-state index in [1.807, 2.05) is 30.3 Å². The predicted molar refractivity (Wildman–Crippen MR) is 86.5 cm³/mol. The molecule has 3 N–H and O–H groups in total. The fourth-order valence-electron chi connectivity index (χ4n) is 1.88. The molecule has 1 aromatic carbocycles. The molecule has 2 aromatic rings. The Hall–Kier alpha value is -2.15. The number of hydrogen-bond acceptors (Lipinski definition) is 6. The molecule has 0 aliphatic rings. The van der Waals surface area contributed by atoms with Crippen molar-refractivity contribution in [3.8, 4) is 11.8 Å². The molecule has 6 heteroatoms. The van der Waals surface area contributed by atoms with E-state index in [2.05, 4.69) is 10.3 Å². The molecule has 1 aromatic heterocycles. The molecule has 1 heterocycles. The van der Waals surface area contributed by atoms with E-state index >= 15 is 0 Å². The minimum atomic E-state index is -0.669. The number of aromatic nitrogens is 1. The lowest BCUT2D eigenvalue weighted by atomic mass is 10.2. The molecule has 0 bridgehead atoms. The summed E-state index contributed by atoms with van der Waals surface area (Å²) in [6.07, 6.45) is -0.669. The van der Waals surface area contributed by atoms with Crippen LogP contribution in [0, 0.1) is 0 Å². The first-order chi connectivity index (χ1) is 11.3. The Balaban J connectivity index is 1.78. The van der Waals surface area contributed by atoms with Gasteiger partial charge in [-0.2, -0.15) is 4.98 Å². The lowest BCUT2D eigenvalue weighted by molar-refractivity contribution is 0.102. The highest BCUT2D eigenvalue weighted by Gasteiger charge is 2.06. The van der Waals surface area contributed by atoms with Crippen LogP contribution in [0.15, 0.2) is 48.5 Å². The van der Waals surface area contributed by atoms with E-state index in [0.717, 1.165) is 5.56 Å². The Morgan fingerprint density at radius 2 is 1.74 bits per heavy atom. The molecule has 0 aliphatic heterocycles. The molecule has 0 saturated heterocycles. The van der Waals surface area contributed by atoms with Gasteiger partial charge in [0, 0.05) is 25.2 Å². The van der Waals surface area contributed by atoms with Crippen molar-refractivity contribution in [2.45, 2.75) is 12.7 Å². The molecular weight excluding hydrogens is 296 g/mol. The molecule has 0 amide bonds. The number of nitrogens with zero attached hydrogens (tertiary/aromatic N) is 1. The fourth-order valence-corrected chi connectivity index (χ4v) is 1.88. The first kappa shape index (κ1) is 17.2. The normalized spacial score (nSPS) is 11.9. The van der Waals surface area contributed by atoms with Crippen LogP contribution in [0.25, 0.3) is 0 Å². The topological polar surface area (TPSA) is 83.8 Å². The van der Waals surface area contributed by atoms with Crippen LogP contribution in [0.5, 0.6) is 11.8 Å². The molecule has 23 heavy (non-hydrogen) atoms. The van der Waals surface area contributed by atoms with Crippen molar-refractivity contribution in [1.29, 1.82) is 0 Å². The summed E-state index contributed by atoms with van der Waals surface area (Å²) < 4.78 is 11.1. The minimum Gasteiger partial charge on any atom is -0.475 e. The summed E-state index contributed by atoms with van der Waals surface area (Å²) in [7, 11) is 0. The number of aliphatic hydroxyl groups is 2. The Bertz CT molecular complexity index is 566. The Labute approximate surface area is 135 Å². The maximum atomic E-state index is 9.73. The van der Waals surface area contributed by atoms with Crippen LogP contribution in [0.3, 0.4) is 0 Å². The van der Waals surface area contributed by atoms with Gasteiger partial charge in [-0.1, -0.05) is 36.4 Å². The largest absolute Gasteiger partial charge is 0.475 e. The van der Waals surface area contributed by atoms with Crippen molar-refractivity contribution < 1.29 is 19.7 Å². The van der Waals surface area contributed by atoms with Crippen LogP contribution in [0.4, 0.5) is 0 Å². The number of benzene rings is 1. The van der Waals surface area contributed by atoms with Crippen LogP contribution >= 0.6 is 0 Å². The van der Waals surface area contributed by atoms with E-state index in [1.54, 1.807) is 18.2 Å². The van der Waals surface area contributed by atoms with Gasteiger partial charge in [0.05, 0.1) is 6.61 Å². The van der Waals surface area contributed by atoms with Gasteiger partial charge in [0.15, 0.2) is 0 Å². The predicted octanol–water partition coefficient (Wildman–Crippen LogP) is 0.982. The van der Waals surface area contributed by atoms with Gasteiger partial charge in [0.25, 0.3) is 0 Å². The van der Waals surface area contributed by atoms with E-state index in [9.17, 15) is 5.11 Å². The quantitative estimate of drug-likeness (QED) is 0.567. The standard InChI is InChI=1S/C17H22N2O4/c20-10-9-18-11-15(21)13-23-17-8-4-7-16(19-17)22-12-14-5-2-1-3-6-14/h1-8,15,18,20-21H,9-13H2/t15-/m1/s1. The molecule has 0 unspecified atom stereocenters. The highest BCUT2D eigenvalue weighted by molar-refractivity contribution is 5.21. The third kappa shape index (κ3) is 6.65. The number of ether oxygens (including phenoxy) is 2. The highest BCUT2D eigenvalue weighted by atomic mass is 16.5. The SMILES string of the molecule is OCCNC[C@@H](O)COc1cccc(OCc2ccccc2)n1. The zero-order valence-electron chi connectivity index (χ0n) is 12.9. The Morgan fingerprint density at radius 1 is 1.00 bits per heavy atom. The van der Waals surface area contributed by atoms with Crippen molar-refractivity contribution >= 4 is 0 Å². The van der Waals surface area contributed by atoms with Crippen molar-refractivity contribution in [2.75, 3.05) is 26.3 Å². The summed E-state index contributed by atoms with van der Waals surface area (Å²) in [6.45, 7) is 1.39. The molecule has 0 spiro atoms. The second-order valence-electron chi connectivity index (χ2n) is 4.98. The molecule has 124 valence electrons. The van der Waals surface area contributed by atoms with Crippen LogP contribution < -0.4 is 14.8 Å². The molecule has 1 atom stereocenters. The first-order valence-corrected chi connectivity index (χ1v) is 7.54. The minimum absolute atomic E-state index is 0.0376. The van der Waals surface area contributed by atoms with Gasteiger partial charge in [-0.15, -0.1) is 0 Å². The van der Waals surface area contributed by atoms with Gasteiger partial charge < -0.3 is 25.0 Å². The summed E-state index contributed by atoms with van der Waals surface area (Å²) >= 11 is 0. The smallest absolute Gasteiger partial charge is 0.216 e. The van der Waals surface area contributed by atoms with E-state index in [1.165, 1.54) is 0 Å². The number of hydrogen-bond donors (Lipinski definition) is 3. The van der Waals surface area contributed by atoms with Gasteiger partial charge in [-0.3, -0.25) is 0 Å². The molecule has 6 nitrogen and oxygen atoms in total. The van der Waals surface area contributed by atoms with Crippen molar-refractivity contribution in [2.24, 2.45) is 0 Å². The van der Waals surface area contributed by atoms with Gasteiger partial charge >= 0.3 is 0 Å². The van der Waals surface area contributed by atoms with Gasteiger partial charge in [0.2, 0.25) is 11.8 Å². The summed E-state index contributed by atoms with van der Waals surface area (Å²) in [5, 5.41) is 21.3. The number of nitrogens with one attached hydrogen (secondary N) is 1. The van der Waals surface area contributed by atoms with Crippen LogP contribution in [0.2, 0.25) is 0 Å². The number of rotatable bonds is 10. The molecular formula is C17H22N2O4. The second kappa shape index (κ2) is 9.78. The summed E-state index contributed by atoms with van der Waals surface area (Å²) in [6, 6.07) is 15.1. The van der Waals surface area contributed by atoms with E-state index in [-0.39, 0.29) is 13.2 Å². The summed E-state index contributed by atoms with van der Waals surface area (Å²) in [5.74, 6) is 0.871. The third-order valence-electron chi connectivity index (χ3n) is 3.02. The van der Waals surface area contributed by atoms with Gasteiger partial charge in [-0.05, 0) is 5.56 Å². The van der Waals surface area contributed by atoms with Crippen molar-refractivity contribution in [3.05, 3.63) is 54.1 Å². The molecule has 0 fully saturated rings. The van der Waals surface area contributed by atoms with E-state index in [4.69, 9.17) is 14.6 Å². The van der Waals surface area contributed by atoms with Gasteiger partial charge in [0.1, 0.15) is 19.3 Å². The fraction of sp³-hybridized carbons (Fsp3) is 0.353. The Kier molecular flexibility index (Phi) is 7.32. The second-order valence-corrected chi connectivity index (χ2v) is 4.98. The van der Waals surface area contributed by atoms with Crippen LogP contribution in [-0.4, -0.2) is 47.6 Å². The van der Waals surface area contributed by atoms with Crippen LogP contribution in [0.1, 0.15) is 5.56 Å². The number of aliphatic hydroxyl groups excluding tert-OH is 2. The van der Waals surface area contributed by atoms with E-state index in [0.29, 0.717) is 31.5 Å². The van der Waals surface area contributed by atoms with Crippen molar-refractivity contribution in [1.82, 2.24) is 10.3 Å². The maximum absolute atomic E-state index is 9.73. The lowest BCUT2D eigenvalue weighted by Crippen LogP contribution is -2.33. The Morgan fingerprint density at radius 3 is 2.48 bits per heavy atom. The molecule has 2 rings (SSSR count).